The van der Waals surface area contributed by atoms with E-state index in [1.54, 1.807) is 7.11 Å². The van der Waals surface area contributed by atoms with Crippen molar-refractivity contribution < 1.29 is 14.2 Å². The zero-order valence-corrected chi connectivity index (χ0v) is 12.6. The van der Waals surface area contributed by atoms with Crippen LogP contribution < -0.4 is 20.1 Å². The van der Waals surface area contributed by atoms with E-state index in [2.05, 4.69) is 17.6 Å². The Kier molecular flexibility index (Phi) is 5.43. The molecular weight excluding hydrogens is 276 g/mol. The van der Waals surface area contributed by atoms with Gasteiger partial charge in [0.2, 0.25) is 6.79 Å². The molecule has 0 amide bonds. The number of fused-ring (bicyclic) bond motifs is 1. The Morgan fingerprint density at radius 1 is 1.40 bits per heavy atom. The van der Waals surface area contributed by atoms with Crippen molar-refractivity contribution in [2.45, 2.75) is 25.9 Å². The monoisotopic (exact) mass is 296 g/mol. The Labute approximate surface area is 124 Å². The Hall–Kier alpha value is -1.53. The highest BCUT2D eigenvalue weighted by molar-refractivity contribution is 7.80. The molecule has 0 aliphatic carbocycles. The molecule has 2 N–H and O–H groups in total. The summed E-state index contributed by atoms with van der Waals surface area (Å²) in [6.45, 7) is 3.67. The molecule has 2 rings (SSSR count). The van der Waals surface area contributed by atoms with E-state index in [0.29, 0.717) is 25.1 Å². The van der Waals surface area contributed by atoms with Crippen LogP contribution in [0.2, 0.25) is 0 Å². The fourth-order valence-corrected chi connectivity index (χ4v) is 2.17. The van der Waals surface area contributed by atoms with Crippen LogP contribution in [0.1, 0.15) is 18.9 Å². The largest absolute Gasteiger partial charge is 0.454 e. The van der Waals surface area contributed by atoms with Gasteiger partial charge in [-0.2, -0.15) is 0 Å². The second kappa shape index (κ2) is 7.31. The molecule has 110 valence electrons. The SMILES string of the molecule is CCC(COC)NC(=S)NCc1ccc2c(c1)OCO2. The second-order valence-corrected chi connectivity index (χ2v) is 4.98. The summed E-state index contributed by atoms with van der Waals surface area (Å²) in [5.74, 6) is 1.58. The molecule has 1 aromatic rings. The van der Waals surface area contributed by atoms with E-state index < -0.39 is 0 Å². The van der Waals surface area contributed by atoms with E-state index in [1.807, 2.05) is 18.2 Å². The van der Waals surface area contributed by atoms with Crippen LogP contribution in [0.15, 0.2) is 18.2 Å². The minimum atomic E-state index is 0.233. The van der Waals surface area contributed by atoms with Crippen LogP contribution in [0.3, 0.4) is 0 Å². The molecule has 0 spiro atoms. The van der Waals surface area contributed by atoms with Gasteiger partial charge < -0.3 is 24.8 Å². The quantitative estimate of drug-likeness (QED) is 0.781. The average Bonchev–Trinajstić information content (AvgIpc) is 2.92. The van der Waals surface area contributed by atoms with E-state index in [4.69, 9.17) is 26.4 Å². The molecule has 1 aliphatic rings. The first kappa shape index (κ1) is 14.9. The normalized spacial score (nSPS) is 13.9. The van der Waals surface area contributed by atoms with Gasteiger partial charge in [0, 0.05) is 13.7 Å². The molecule has 6 heteroatoms. The van der Waals surface area contributed by atoms with Crippen molar-refractivity contribution in [3.63, 3.8) is 0 Å². The topological polar surface area (TPSA) is 51.8 Å². The predicted octanol–water partition coefficient (Wildman–Crippen LogP) is 1.80. The Morgan fingerprint density at radius 3 is 2.95 bits per heavy atom. The molecule has 0 aromatic heterocycles. The van der Waals surface area contributed by atoms with Gasteiger partial charge in [-0.05, 0) is 36.3 Å². The average molecular weight is 296 g/mol. The molecule has 0 fully saturated rings. The van der Waals surface area contributed by atoms with Crippen molar-refractivity contribution in [1.29, 1.82) is 0 Å². The third-order valence-corrected chi connectivity index (χ3v) is 3.35. The fourth-order valence-electron chi connectivity index (χ4n) is 1.93. The van der Waals surface area contributed by atoms with Crippen LogP contribution in [0.4, 0.5) is 0 Å². The molecule has 0 saturated carbocycles. The number of hydrogen-bond acceptors (Lipinski definition) is 4. The molecule has 1 aliphatic heterocycles. The summed E-state index contributed by atoms with van der Waals surface area (Å²) in [5.41, 5.74) is 1.10. The summed E-state index contributed by atoms with van der Waals surface area (Å²) in [7, 11) is 1.69. The van der Waals surface area contributed by atoms with Crippen LogP contribution >= 0.6 is 12.2 Å². The molecular formula is C14H20N2O3S. The number of rotatable bonds is 6. The lowest BCUT2D eigenvalue weighted by Crippen LogP contribution is -2.43. The van der Waals surface area contributed by atoms with Crippen LogP contribution in [0.5, 0.6) is 11.5 Å². The minimum absolute atomic E-state index is 0.233. The molecule has 0 saturated heterocycles. The Bertz CT molecular complexity index is 468. The predicted molar refractivity (Wildman–Crippen MR) is 81.1 cm³/mol. The van der Waals surface area contributed by atoms with Gasteiger partial charge >= 0.3 is 0 Å². The van der Waals surface area contributed by atoms with Crippen molar-refractivity contribution in [2.75, 3.05) is 20.5 Å². The van der Waals surface area contributed by atoms with E-state index >= 15 is 0 Å². The number of hydrogen-bond donors (Lipinski definition) is 2. The molecule has 0 radical (unpaired) electrons. The smallest absolute Gasteiger partial charge is 0.231 e. The van der Waals surface area contributed by atoms with E-state index in [9.17, 15) is 0 Å². The van der Waals surface area contributed by atoms with Gasteiger partial charge in [-0.1, -0.05) is 13.0 Å². The lowest BCUT2D eigenvalue weighted by molar-refractivity contribution is 0.172. The van der Waals surface area contributed by atoms with Crippen molar-refractivity contribution >= 4 is 17.3 Å². The van der Waals surface area contributed by atoms with E-state index in [0.717, 1.165) is 23.5 Å². The first-order valence-corrected chi connectivity index (χ1v) is 7.05. The number of benzene rings is 1. The lowest BCUT2D eigenvalue weighted by atomic mass is 10.2. The van der Waals surface area contributed by atoms with Crippen LogP contribution in [-0.4, -0.2) is 31.7 Å². The van der Waals surface area contributed by atoms with Crippen molar-refractivity contribution in [3.05, 3.63) is 23.8 Å². The highest BCUT2D eigenvalue weighted by atomic mass is 32.1. The summed E-state index contributed by atoms with van der Waals surface area (Å²) >= 11 is 5.28. The third-order valence-electron chi connectivity index (χ3n) is 3.09. The summed E-state index contributed by atoms with van der Waals surface area (Å²) in [4.78, 5) is 0. The van der Waals surface area contributed by atoms with Gasteiger partial charge in [0.15, 0.2) is 16.6 Å². The first-order chi connectivity index (χ1) is 9.72. The second-order valence-electron chi connectivity index (χ2n) is 4.58. The van der Waals surface area contributed by atoms with Crippen LogP contribution in [-0.2, 0) is 11.3 Å². The van der Waals surface area contributed by atoms with Crippen molar-refractivity contribution in [1.82, 2.24) is 10.6 Å². The van der Waals surface area contributed by atoms with Gasteiger partial charge in [-0.3, -0.25) is 0 Å². The summed E-state index contributed by atoms with van der Waals surface area (Å²) in [5, 5.41) is 7.04. The lowest BCUT2D eigenvalue weighted by Gasteiger charge is -2.18. The standard InChI is InChI=1S/C14H20N2O3S/c1-3-11(8-17-2)16-14(20)15-7-10-4-5-12-13(6-10)19-9-18-12/h4-6,11H,3,7-9H2,1-2H3,(H2,15,16,20). The number of thiocarbonyl (C=S) groups is 1. The number of methoxy groups -OCH3 is 1. The number of nitrogens with one attached hydrogen (secondary N) is 2. The molecule has 0 bridgehead atoms. The van der Waals surface area contributed by atoms with E-state index in [-0.39, 0.29) is 6.04 Å². The maximum absolute atomic E-state index is 5.34. The van der Waals surface area contributed by atoms with Crippen LogP contribution in [0, 0.1) is 0 Å². The number of ether oxygens (including phenoxy) is 3. The minimum Gasteiger partial charge on any atom is -0.454 e. The Morgan fingerprint density at radius 2 is 2.20 bits per heavy atom. The molecule has 5 nitrogen and oxygen atoms in total. The molecule has 20 heavy (non-hydrogen) atoms. The maximum atomic E-state index is 5.34. The highest BCUT2D eigenvalue weighted by Gasteiger charge is 2.13. The molecule has 1 unspecified atom stereocenters. The summed E-state index contributed by atoms with van der Waals surface area (Å²) < 4.78 is 15.8. The zero-order valence-electron chi connectivity index (χ0n) is 11.8. The zero-order chi connectivity index (χ0) is 14.4. The van der Waals surface area contributed by atoms with Crippen LogP contribution in [0.25, 0.3) is 0 Å². The molecule has 1 atom stereocenters. The Balaban J connectivity index is 1.81. The molecule has 1 heterocycles. The fraction of sp³-hybridized carbons (Fsp3) is 0.500. The highest BCUT2D eigenvalue weighted by Crippen LogP contribution is 2.32. The maximum Gasteiger partial charge on any atom is 0.231 e. The van der Waals surface area contributed by atoms with E-state index in [1.165, 1.54) is 0 Å². The summed E-state index contributed by atoms with van der Waals surface area (Å²) in [6.07, 6.45) is 0.958. The van der Waals surface area contributed by atoms with Gasteiger partial charge in [0.1, 0.15) is 0 Å². The first-order valence-electron chi connectivity index (χ1n) is 6.64. The van der Waals surface area contributed by atoms with Crippen molar-refractivity contribution in [2.24, 2.45) is 0 Å². The molecule has 1 aromatic carbocycles. The van der Waals surface area contributed by atoms with Gasteiger partial charge in [-0.25, -0.2) is 0 Å². The third kappa shape index (κ3) is 3.98. The van der Waals surface area contributed by atoms with Gasteiger partial charge in [0.05, 0.1) is 12.6 Å². The van der Waals surface area contributed by atoms with Gasteiger partial charge in [-0.15, -0.1) is 0 Å². The summed E-state index contributed by atoms with van der Waals surface area (Å²) in [6, 6.07) is 6.10. The van der Waals surface area contributed by atoms with Crippen molar-refractivity contribution in [3.8, 4) is 11.5 Å². The van der Waals surface area contributed by atoms with Gasteiger partial charge in [0.25, 0.3) is 0 Å².